The Hall–Kier alpha value is -1.72. The van der Waals surface area contributed by atoms with E-state index in [1.165, 1.54) is 37.1 Å². The highest BCUT2D eigenvalue weighted by Gasteiger charge is 2.48. The van der Waals surface area contributed by atoms with Gasteiger partial charge in [-0.2, -0.15) is 5.10 Å². The van der Waals surface area contributed by atoms with Gasteiger partial charge in [0.25, 0.3) is 0 Å². The fourth-order valence-corrected chi connectivity index (χ4v) is 5.06. The van der Waals surface area contributed by atoms with Crippen LogP contribution in [0.1, 0.15) is 62.0 Å². The van der Waals surface area contributed by atoms with Crippen molar-refractivity contribution >= 4 is 0 Å². The average molecular weight is 369 g/mol. The van der Waals surface area contributed by atoms with Gasteiger partial charge in [0.05, 0.1) is 11.3 Å². The van der Waals surface area contributed by atoms with Gasteiger partial charge in [0.1, 0.15) is 0 Å². The summed E-state index contributed by atoms with van der Waals surface area (Å²) in [4.78, 5) is 4.78. The third-order valence-electron chi connectivity index (χ3n) is 6.62. The molecule has 0 radical (unpaired) electrons. The molecule has 1 saturated heterocycles. The lowest BCUT2D eigenvalue weighted by Crippen LogP contribution is -2.47. The van der Waals surface area contributed by atoms with Gasteiger partial charge in [-0.25, -0.2) is 0 Å². The predicted molar refractivity (Wildman–Crippen MR) is 107 cm³/mol. The van der Waals surface area contributed by atoms with Crippen molar-refractivity contribution < 1.29 is 4.74 Å². The van der Waals surface area contributed by atoms with Crippen LogP contribution in [-0.4, -0.2) is 33.5 Å². The van der Waals surface area contributed by atoms with E-state index in [2.05, 4.69) is 35.5 Å². The maximum absolute atomic E-state index is 6.33. The van der Waals surface area contributed by atoms with E-state index in [-0.39, 0.29) is 11.0 Å². The van der Waals surface area contributed by atoms with Crippen molar-refractivity contribution in [2.24, 2.45) is 7.05 Å². The summed E-state index contributed by atoms with van der Waals surface area (Å²) in [7, 11) is 2.00. The third kappa shape index (κ3) is 3.94. The first kappa shape index (κ1) is 18.6. The summed E-state index contributed by atoms with van der Waals surface area (Å²) in [5.41, 5.74) is 3.77. The summed E-state index contributed by atoms with van der Waals surface area (Å²) < 4.78 is 8.27. The second-order valence-electron chi connectivity index (χ2n) is 8.49. The molecule has 1 N–H and O–H groups in total. The van der Waals surface area contributed by atoms with Crippen molar-refractivity contribution in [2.75, 3.05) is 13.2 Å². The lowest BCUT2D eigenvalue weighted by molar-refractivity contribution is -0.104. The zero-order valence-electron chi connectivity index (χ0n) is 16.7. The Morgan fingerprint density at radius 1 is 1.22 bits per heavy atom. The second kappa shape index (κ2) is 7.72. The largest absolute Gasteiger partial charge is 0.375 e. The molecule has 2 aliphatic rings. The molecule has 1 spiro atoms. The number of pyridine rings is 1. The summed E-state index contributed by atoms with van der Waals surface area (Å²) in [5, 5.41) is 8.17. The highest BCUT2D eigenvalue weighted by atomic mass is 16.5. The van der Waals surface area contributed by atoms with Crippen molar-refractivity contribution in [3.05, 3.63) is 47.5 Å². The van der Waals surface area contributed by atoms with E-state index < -0.39 is 0 Å². The lowest BCUT2D eigenvalue weighted by Gasteiger charge is -2.46. The molecule has 1 saturated carbocycles. The Kier molecular flexibility index (Phi) is 5.33. The summed E-state index contributed by atoms with van der Waals surface area (Å²) in [5.74, 6) is 0. The van der Waals surface area contributed by atoms with Gasteiger partial charge >= 0.3 is 0 Å². The number of aryl methyl sites for hydroxylation is 2. The van der Waals surface area contributed by atoms with Crippen LogP contribution in [0.2, 0.25) is 0 Å². The normalized spacial score (nSPS) is 24.5. The quantitative estimate of drug-likeness (QED) is 0.791. The molecule has 1 atom stereocenters. The Morgan fingerprint density at radius 2 is 2.07 bits per heavy atom. The SMILES string of the molecule is Cc1cc(CNCC[C@]2(c3ccccn3)CCOC3(CCCC3)C2)nn1C. The van der Waals surface area contributed by atoms with E-state index in [1.54, 1.807) is 0 Å². The van der Waals surface area contributed by atoms with Crippen molar-refractivity contribution in [3.8, 4) is 0 Å². The monoisotopic (exact) mass is 368 g/mol. The van der Waals surface area contributed by atoms with Crippen LogP contribution in [0.4, 0.5) is 0 Å². The molecule has 0 amide bonds. The zero-order valence-corrected chi connectivity index (χ0v) is 16.7. The fraction of sp³-hybridized carbons (Fsp3) is 0.636. The predicted octanol–water partition coefficient (Wildman–Crippen LogP) is 3.66. The molecule has 4 rings (SSSR count). The molecule has 1 aliphatic heterocycles. The lowest BCUT2D eigenvalue weighted by atomic mass is 9.68. The number of nitrogens with zero attached hydrogens (tertiary/aromatic N) is 3. The smallest absolute Gasteiger partial charge is 0.0765 e. The molecule has 0 unspecified atom stereocenters. The molecule has 1 aliphatic carbocycles. The second-order valence-corrected chi connectivity index (χ2v) is 8.49. The molecule has 146 valence electrons. The Balaban J connectivity index is 1.45. The number of nitrogens with one attached hydrogen (secondary N) is 1. The highest BCUT2D eigenvalue weighted by Crippen LogP contribution is 2.49. The summed E-state index contributed by atoms with van der Waals surface area (Å²) in [6.45, 7) is 4.75. The number of rotatable bonds is 6. The summed E-state index contributed by atoms with van der Waals surface area (Å²) in [6.07, 6.45) is 10.2. The van der Waals surface area contributed by atoms with Crippen molar-refractivity contribution in [2.45, 2.75) is 69.4 Å². The van der Waals surface area contributed by atoms with Crippen molar-refractivity contribution in [1.82, 2.24) is 20.1 Å². The number of hydrogen-bond acceptors (Lipinski definition) is 4. The van der Waals surface area contributed by atoms with E-state index in [0.717, 1.165) is 44.7 Å². The van der Waals surface area contributed by atoms with E-state index in [0.29, 0.717) is 0 Å². The minimum Gasteiger partial charge on any atom is -0.375 e. The molecule has 0 aromatic carbocycles. The van der Waals surface area contributed by atoms with Crippen LogP contribution < -0.4 is 5.32 Å². The molecular weight excluding hydrogens is 336 g/mol. The molecule has 5 heteroatoms. The number of aromatic nitrogens is 3. The minimum atomic E-state index is 0.0911. The first-order chi connectivity index (χ1) is 13.1. The first-order valence-electron chi connectivity index (χ1n) is 10.4. The van der Waals surface area contributed by atoms with Gasteiger partial charge in [-0.1, -0.05) is 18.9 Å². The van der Waals surface area contributed by atoms with Crippen molar-refractivity contribution in [3.63, 3.8) is 0 Å². The van der Waals surface area contributed by atoms with Gasteiger partial charge in [-0.05, 0) is 63.8 Å². The van der Waals surface area contributed by atoms with E-state index >= 15 is 0 Å². The maximum atomic E-state index is 6.33. The number of ether oxygens (including phenoxy) is 1. The summed E-state index contributed by atoms with van der Waals surface area (Å²) >= 11 is 0. The minimum absolute atomic E-state index is 0.0911. The van der Waals surface area contributed by atoms with Crippen LogP contribution in [0.5, 0.6) is 0 Å². The third-order valence-corrected chi connectivity index (χ3v) is 6.62. The maximum Gasteiger partial charge on any atom is 0.0765 e. The topological polar surface area (TPSA) is 52.0 Å². The van der Waals surface area contributed by atoms with Crippen LogP contribution in [0.15, 0.2) is 30.5 Å². The van der Waals surface area contributed by atoms with E-state index in [9.17, 15) is 0 Å². The van der Waals surface area contributed by atoms with Crippen LogP contribution >= 0.6 is 0 Å². The first-order valence-corrected chi connectivity index (χ1v) is 10.4. The van der Waals surface area contributed by atoms with Crippen LogP contribution in [-0.2, 0) is 23.7 Å². The average Bonchev–Trinajstić information content (AvgIpc) is 3.26. The van der Waals surface area contributed by atoms with Crippen LogP contribution in [0.3, 0.4) is 0 Å². The van der Waals surface area contributed by atoms with Gasteiger partial charge in [0.2, 0.25) is 0 Å². The highest BCUT2D eigenvalue weighted by molar-refractivity contribution is 5.20. The zero-order chi connectivity index (χ0) is 18.7. The molecule has 2 aromatic rings. The summed E-state index contributed by atoms with van der Waals surface area (Å²) in [6, 6.07) is 8.52. The molecule has 2 fully saturated rings. The van der Waals surface area contributed by atoms with Crippen LogP contribution in [0, 0.1) is 6.92 Å². The van der Waals surface area contributed by atoms with Crippen LogP contribution in [0.25, 0.3) is 0 Å². The number of hydrogen-bond donors (Lipinski definition) is 1. The Labute approximate surface area is 162 Å². The van der Waals surface area contributed by atoms with Gasteiger partial charge in [0, 0.05) is 43.2 Å². The molecule has 3 heterocycles. The fourth-order valence-electron chi connectivity index (χ4n) is 5.06. The van der Waals surface area contributed by atoms with Gasteiger partial charge in [-0.3, -0.25) is 9.67 Å². The molecular formula is C22H32N4O. The van der Waals surface area contributed by atoms with Crippen molar-refractivity contribution in [1.29, 1.82) is 0 Å². The van der Waals surface area contributed by atoms with Gasteiger partial charge in [0.15, 0.2) is 0 Å². The molecule has 5 nitrogen and oxygen atoms in total. The van der Waals surface area contributed by atoms with Gasteiger partial charge in [-0.15, -0.1) is 0 Å². The molecule has 0 bridgehead atoms. The Bertz CT molecular complexity index is 731. The standard InChI is InChI=1S/C22H32N4O/c1-18-15-19(25-26(18)2)16-23-13-10-21(20-7-3-6-12-24-20)11-14-27-22(17-21)8-4-5-9-22/h3,6-7,12,15,23H,4-5,8-11,13-14,16-17H2,1-2H3/t21-/m0/s1. The van der Waals surface area contributed by atoms with E-state index in [4.69, 9.17) is 9.72 Å². The molecule has 2 aromatic heterocycles. The van der Waals surface area contributed by atoms with Gasteiger partial charge < -0.3 is 10.1 Å². The van der Waals surface area contributed by atoms with E-state index in [1.807, 2.05) is 24.0 Å². The Morgan fingerprint density at radius 3 is 2.78 bits per heavy atom. The molecule has 27 heavy (non-hydrogen) atoms.